The molecular weight excluding hydrogens is 394 g/mol. The van der Waals surface area contributed by atoms with Gasteiger partial charge in [0.1, 0.15) is 12.6 Å². The maximum absolute atomic E-state index is 12.5. The smallest absolute Gasteiger partial charge is 0.166 e. The molecule has 1 atom stereocenters. The summed E-state index contributed by atoms with van der Waals surface area (Å²) < 4.78 is 7.09. The number of fused-ring (bicyclic) bond motifs is 3. The molecule has 3 aliphatic heterocycles. The van der Waals surface area contributed by atoms with E-state index < -0.39 is 5.60 Å². The van der Waals surface area contributed by atoms with Crippen molar-refractivity contribution < 1.29 is 14.3 Å². The van der Waals surface area contributed by atoms with Crippen LogP contribution in [0.1, 0.15) is 36.0 Å². The standard InChI is InChI=1S/C29H34NO2/c31-29(26-12-6-2-7-13-26,27-14-8-3-9-15-27)28-22-24-16-18-30(28,19-17-24)20-21-32-23-25-10-4-1-5-11-25/h1-15,24,28,31H,16-23H2/q+1. The molecule has 0 aliphatic carbocycles. The zero-order valence-electron chi connectivity index (χ0n) is 18.8. The number of quaternary nitrogens is 1. The van der Waals surface area contributed by atoms with Gasteiger partial charge < -0.3 is 14.3 Å². The minimum absolute atomic E-state index is 0.139. The Balaban J connectivity index is 1.43. The van der Waals surface area contributed by atoms with Crippen LogP contribution in [0.15, 0.2) is 91.0 Å². The van der Waals surface area contributed by atoms with Crippen LogP contribution in [0.2, 0.25) is 0 Å². The average Bonchev–Trinajstić information content (AvgIpc) is 2.88. The third-order valence-corrected chi connectivity index (χ3v) is 7.89. The van der Waals surface area contributed by atoms with Gasteiger partial charge in [0.15, 0.2) is 5.60 Å². The van der Waals surface area contributed by atoms with Gasteiger partial charge in [0.05, 0.1) is 26.3 Å². The molecule has 32 heavy (non-hydrogen) atoms. The van der Waals surface area contributed by atoms with Crippen molar-refractivity contribution in [3.63, 3.8) is 0 Å². The monoisotopic (exact) mass is 428 g/mol. The molecule has 6 rings (SSSR count). The Bertz CT molecular complexity index is 942. The molecule has 0 amide bonds. The summed E-state index contributed by atoms with van der Waals surface area (Å²) in [5, 5.41) is 12.5. The van der Waals surface area contributed by atoms with E-state index in [9.17, 15) is 5.11 Å². The second-order valence-electron chi connectivity index (χ2n) is 9.62. The maximum atomic E-state index is 12.5. The Morgan fingerprint density at radius 1 is 0.781 bits per heavy atom. The molecule has 0 aromatic heterocycles. The molecule has 1 N–H and O–H groups in total. The summed E-state index contributed by atoms with van der Waals surface area (Å²) in [7, 11) is 0. The van der Waals surface area contributed by atoms with Gasteiger partial charge in [0.25, 0.3) is 0 Å². The van der Waals surface area contributed by atoms with Crippen LogP contribution in [0.4, 0.5) is 0 Å². The quantitative estimate of drug-likeness (QED) is 0.398. The highest BCUT2D eigenvalue weighted by atomic mass is 16.5. The van der Waals surface area contributed by atoms with Crippen molar-refractivity contribution in [3.05, 3.63) is 108 Å². The van der Waals surface area contributed by atoms with Crippen LogP contribution in [0.25, 0.3) is 0 Å². The van der Waals surface area contributed by atoms with E-state index in [0.717, 1.165) is 48.3 Å². The van der Waals surface area contributed by atoms with Crippen LogP contribution in [-0.4, -0.2) is 41.9 Å². The highest BCUT2D eigenvalue weighted by Gasteiger charge is 2.57. The minimum atomic E-state index is -0.999. The van der Waals surface area contributed by atoms with Gasteiger partial charge in [0, 0.05) is 6.42 Å². The largest absolute Gasteiger partial charge is 0.374 e. The van der Waals surface area contributed by atoms with E-state index in [1.165, 1.54) is 18.4 Å². The van der Waals surface area contributed by atoms with Gasteiger partial charge in [-0.25, -0.2) is 0 Å². The molecule has 3 aromatic carbocycles. The maximum Gasteiger partial charge on any atom is 0.166 e. The highest BCUT2D eigenvalue weighted by Crippen LogP contribution is 2.48. The molecule has 0 spiro atoms. The van der Waals surface area contributed by atoms with Crippen molar-refractivity contribution in [1.82, 2.24) is 0 Å². The fourth-order valence-corrected chi connectivity index (χ4v) is 6.12. The van der Waals surface area contributed by atoms with Gasteiger partial charge >= 0.3 is 0 Å². The molecule has 3 aliphatic rings. The molecule has 3 aromatic rings. The Hall–Kier alpha value is -2.46. The number of hydrogen-bond acceptors (Lipinski definition) is 2. The number of aliphatic hydroxyl groups is 1. The Morgan fingerprint density at radius 2 is 1.31 bits per heavy atom. The first-order valence-electron chi connectivity index (χ1n) is 12.0. The van der Waals surface area contributed by atoms with Crippen molar-refractivity contribution in [1.29, 1.82) is 0 Å². The summed E-state index contributed by atoms with van der Waals surface area (Å²) in [6, 6.07) is 31.2. The third kappa shape index (κ3) is 4.01. The van der Waals surface area contributed by atoms with E-state index in [-0.39, 0.29) is 6.04 Å². The summed E-state index contributed by atoms with van der Waals surface area (Å²) >= 11 is 0. The van der Waals surface area contributed by atoms with Crippen LogP contribution >= 0.6 is 0 Å². The first kappa shape index (κ1) is 21.4. The fourth-order valence-electron chi connectivity index (χ4n) is 6.12. The molecule has 166 valence electrons. The Morgan fingerprint density at radius 3 is 1.88 bits per heavy atom. The first-order chi connectivity index (χ1) is 15.7. The van der Waals surface area contributed by atoms with Gasteiger partial charge in [0.2, 0.25) is 0 Å². The molecule has 3 heteroatoms. The molecule has 3 fully saturated rings. The topological polar surface area (TPSA) is 29.5 Å². The van der Waals surface area contributed by atoms with Crippen molar-refractivity contribution in [2.24, 2.45) is 5.92 Å². The third-order valence-electron chi connectivity index (χ3n) is 7.89. The Kier molecular flexibility index (Phi) is 6.14. The lowest BCUT2D eigenvalue weighted by atomic mass is 9.69. The summed E-state index contributed by atoms with van der Waals surface area (Å²) in [5.74, 6) is 0.712. The Labute approximate surface area is 191 Å². The number of ether oxygens (including phenoxy) is 1. The zero-order valence-corrected chi connectivity index (χ0v) is 18.8. The first-order valence-corrected chi connectivity index (χ1v) is 12.0. The lowest BCUT2D eigenvalue weighted by Crippen LogP contribution is -2.71. The van der Waals surface area contributed by atoms with Crippen LogP contribution in [0.3, 0.4) is 0 Å². The molecule has 3 heterocycles. The molecule has 0 radical (unpaired) electrons. The highest BCUT2D eigenvalue weighted by molar-refractivity contribution is 5.38. The minimum Gasteiger partial charge on any atom is -0.374 e. The van der Waals surface area contributed by atoms with E-state index in [1.807, 2.05) is 42.5 Å². The normalized spacial score (nSPS) is 25.0. The summed E-state index contributed by atoms with van der Waals surface area (Å²) in [6.07, 6.45) is 3.59. The lowest BCUT2D eigenvalue weighted by Gasteiger charge is -2.58. The average molecular weight is 429 g/mol. The van der Waals surface area contributed by atoms with Gasteiger partial charge in [-0.05, 0) is 35.4 Å². The van der Waals surface area contributed by atoms with Crippen molar-refractivity contribution >= 4 is 0 Å². The molecule has 0 saturated carbocycles. The predicted octanol–water partition coefficient (Wildman–Crippen LogP) is 5.14. The van der Waals surface area contributed by atoms with Crippen LogP contribution in [-0.2, 0) is 16.9 Å². The summed E-state index contributed by atoms with van der Waals surface area (Å²) in [5.41, 5.74) is 2.23. The zero-order chi connectivity index (χ0) is 21.9. The molecule has 1 unspecified atom stereocenters. The van der Waals surface area contributed by atoms with Crippen LogP contribution < -0.4 is 0 Å². The van der Waals surface area contributed by atoms with E-state index >= 15 is 0 Å². The van der Waals surface area contributed by atoms with Crippen LogP contribution in [0, 0.1) is 5.92 Å². The van der Waals surface area contributed by atoms with Gasteiger partial charge in [-0.15, -0.1) is 0 Å². The molecule has 3 nitrogen and oxygen atoms in total. The fraction of sp³-hybridized carbons (Fsp3) is 0.379. The van der Waals surface area contributed by atoms with Gasteiger partial charge in [-0.3, -0.25) is 0 Å². The van der Waals surface area contributed by atoms with Gasteiger partial charge in [-0.2, -0.15) is 0 Å². The van der Waals surface area contributed by atoms with E-state index in [2.05, 4.69) is 48.5 Å². The number of piperidine rings is 3. The van der Waals surface area contributed by atoms with Crippen molar-refractivity contribution in [2.75, 3.05) is 26.2 Å². The molecule has 2 bridgehead atoms. The van der Waals surface area contributed by atoms with E-state index in [4.69, 9.17) is 4.74 Å². The summed E-state index contributed by atoms with van der Waals surface area (Å²) in [4.78, 5) is 0. The number of benzene rings is 3. The number of rotatable bonds is 8. The molecular formula is C29H34NO2+. The summed E-state index contributed by atoms with van der Waals surface area (Å²) in [6.45, 7) is 4.58. The number of hydrogen-bond donors (Lipinski definition) is 1. The van der Waals surface area contributed by atoms with Crippen molar-refractivity contribution in [3.8, 4) is 0 Å². The van der Waals surface area contributed by atoms with E-state index in [0.29, 0.717) is 12.5 Å². The second kappa shape index (κ2) is 9.19. The SMILES string of the molecule is OC(c1ccccc1)(c1ccccc1)C1CC2CC[N+]1(CCOCc1ccccc1)CC2. The molecule has 3 saturated heterocycles. The second-order valence-corrected chi connectivity index (χ2v) is 9.62. The number of nitrogens with zero attached hydrogens (tertiary/aromatic N) is 1. The van der Waals surface area contributed by atoms with Crippen LogP contribution in [0.5, 0.6) is 0 Å². The lowest BCUT2D eigenvalue weighted by molar-refractivity contribution is -0.973. The van der Waals surface area contributed by atoms with Gasteiger partial charge in [-0.1, -0.05) is 91.0 Å². The predicted molar refractivity (Wildman–Crippen MR) is 128 cm³/mol. The van der Waals surface area contributed by atoms with Crippen molar-refractivity contribution in [2.45, 2.75) is 37.5 Å². The van der Waals surface area contributed by atoms with E-state index in [1.54, 1.807) is 0 Å².